The number of ether oxygens (including phenoxy) is 1. The average molecular weight is 376 g/mol. The Morgan fingerprint density at radius 1 is 1.19 bits per heavy atom. The monoisotopic (exact) mass is 376 g/mol. The summed E-state index contributed by atoms with van der Waals surface area (Å²) in [4.78, 5) is 25.0. The fourth-order valence-electron chi connectivity index (χ4n) is 3.38. The number of nitrogens with zero attached hydrogens (tertiary/aromatic N) is 1. The van der Waals surface area contributed by atoms with E-state index in [9.17, 15) is 9.59 Å². The normalized spacial score (nSPS) is 20.0. The van der Waals surface area contributed by atoms with Gasteiger partial charge in [0, 0.05) is 13.1 Å². The van der Waals surface area contributed by atoms with E-state index in [1.807, 2.05) is 18.2 Å². The molecule has 2 amide bonds. The minimum Gasteiger partial charge on any atom is -0.491 e. The minimum atomic E-state index is -0.732. The van der Waals surface area contributed by atoms with Crippen molar-refractivity contribution >= 4 is 12.0 Å². The highest BCUT2D eigenvalue weighted by molar-refractivity contribution is 5.74. The molecular formula is C21H32N2O4. The second-order valence-electron chi connectivity index (χ2n) is 8.35. The van der Waals surface area contributed by atoms with Crippen LogP contribution in [0.25, 0.3) is 0 Å². The molecule has 0 atom stereocenters. The Labute approximate surface area is 161 Å². The van der Waals surface area contributed by atoms with Crippen molar-refractivity contribution in [2.24, 2.45) is 5.92 Å². The summed E-state index contributed by atoms with van der Waals surface area (Å²) in [5.74, 6) is -0.150. The van der Waals surface area contributed by atoms with Crippen LogP contribution in [0.15, 0.2) is 24.3 Å². The molecule has 1 fully saturated rings. The first kappa shape index (κ1) is 21.1. The van der Waals surface area contributed by atoms with Crippen LogP contribution in [0.3, 0.4) is 0 Å². The molecule has 1 saturated carbocycles. The van der Waals surface area contributed by atoms with E-state index in [0.29, 0.717) is 38.8 Å². The average Bonchev–Trinajstić information content (AvgIpc) is 2.61. The predicted molar refractivity (Wildman–Crippen MR) is 105 cm³/mol. The first-order chi connectivity index (χ1) is 12.7. The van der Waals surface area contributed by atoms with Crippen LogP contribution in [-0.4, -0.2) is 48.2 Å². The molecule has 1 aromatic carbocycles. The third-order valence-corrected chi connectivity index (χ3v) is 5.13. The molecule has 0 unspecified atom stereocenters. The maximum absolute atomic E-state index is 12.3. The van der Waals surface area contributed by atoms with Gasteiger partial charge in [0.1, 0.15) is 12.4 Å². The molecule has 150 valence electrons. The number of carbonyl (C=O) groups is 2. The van der Waals surface area contributed by atoms with E-state index >= 15 is 0 Å². The molecule has 6 nitrogen and oxygen atoms in total. The van der Waals surface area contributed by atoms with E-state index < -0.39 is 5.97 Å². The molecule has 1 aliphatic rings. The van der Waals surface area contributed by atoms with Crippen molar-refractivity contribution in [2.45, 2.75) is 57.9 Å². The smallest absolute Gasteiger partial charge is 0.317 e. The number of hydrogen-bond donors (Lipinski definition) is 2. The molecule has 2 N–H and O–H groups in total. The van der Waals surface area contributed by atoms with Gasteiger partial charge < -0.3 is 20.1 Å². The van der Waals surface area contributed by atoms with Gasteiger partial charge in [-0.3, -0.25) is 4.79 Å². The molecule has 0 bridgehead atoms. The lowest BCUT2D eigenvalue weighted by molar-refractivity contribution is -0.142. The molecule has 2 rings (SSSR count). The summed E-state index contributed by atoms with van der Waals surface area (Å²) in [5.41, 5.74) is 1.14. The maximum atomic E-state index is 12.3. The highest BCUT2D eigenvalue weighted by Gasteiger charge is 2.27. The van der Waals surface area contributed by atoms with Gasteiger partial charge in [-0.25, -0.2) is 4.79 Å². The summed E-state index contributed by atoms with van der Waals surface area (Å²) >= 11 is 0. The SMILES string of the molecule is CN(CCOc1ccccc1C(C)(C)C)C(=O)NC1CCC(C(=O)O)CC1. The number of urea groups is 1. The van der Waals surface area contributed by atoms with Gasteiger partial charge in [-0.15, -0.1) is 0 Å². The molecular weight excluding hydrogens is 344 g/mol. The summed E-state index contributed by atoms with van der Waals surface area (Å²) in [5, 5.41) is 12.0. The van der Waals surface area contributed by atoms with Crippen LogP contribution in [0.4, 0.5) is 4.79 Å². The Morgan fingerprint density at radius 3 is 2.41 bits per heavy atom. The van der Waals surface area contributed by atoms with Crippen LogP contribution >= 0.6 is 0 Å². The lowest BCUT2D eigenvalue weighted by atomic mass is 9.86. The molecule has 0 radical (unpaired) electrons. The quantitative estimate of drug-likeness (QED) is 0.794. The van der Waals surface area contributed by atoms with E-state index in [1.54, 1.807) is 11.9 Å². The van der Waals surface area contributed by atoms with Crippen LogP contribution in [0, 0.1) is 5.92 Å². The van der Waals surface area contributed by atoms with Crippen molar-refractivity contribution in [1.82, 2.24) is 10.2 Å². The zero-order valence-corrected chi connectivity index (χ0v) is 16.8. The van der Waals surface area contributed by atoms with Gasteiger partial charge in [0.25, 0.3) is 0 Å². The summed E-state index contributed by atoms with van der Waals surface area (Å²) in [6.45, 7) is 7.34. The predicted octanol–water partition coefficient (Wildman–Crippen LogP) is 3.65. The number of carboxylic acids is 1. The van der Waals surface area contributed by atoms with Crippen molar-refractivity contribution in [1.29, 1.82) is 0 Å². The van der Waals surface area contributed by atoms with Crippen molar-refractivity contribution in [3.8, 4) is 5.75 Å². The third-order valence-electron chi connectivity index (χ3n) is 5.13. The van der Waals surface area contributed by atoms with Crippen LogP contribution < -0.4 is 10.1 Å². The van der Waals surface area contributed by atoms with Gasteiger partial charge in [-0.05, 0) is 42.7 Å². The highest BCUT2D eigenvalue weighted by Crippen LogP contribution is 2.30. The second-order valence-corrected chi connectivity index (χ2v) is 8.35. The number of amides is 2. The zero-order valence-electron chi connectivity index (χ0n) is 16.8. The van der Waals surface area contributed by atoms with Gasteiger partial charge in [0.05, 0.1) is 12.5 Å². The largest absolute Gasteiger partial charge is 0.491 e. The first-order valence-corrected chi connectivity index (χ1v) is 9.65. The second kappa shape index (κ2) is 9.11. The number of nitrogens with one attached hydrogen (secondary N) is 1. The van der Waals surface area contributed by atoms with E-state index in [4.69, 9.17) is 9.84 Å². The summed E-state index contributed by atoms with van der Waals surface area (Å²) in [6.07, 6.45) is 2.67. The fourth-order valence-corrected chi connectivity index (χ4v) is 3.38. The summed E-state index contributed by atoms with van der Waals surface area (Å²) < 4.78 is 5.93. The van der Waals surface area contributed by atoms with Gasteiger partial charge in [0.2, 0.25) is 0 Å². The Balaban J connectivity index is 1.77. The van der Waals surface area contributed by atoms with Crippen LogP contribution in [0.1, 0.15) is 52.0 Å². The molecule has 27 heavy (non-hydrogen) atoms. The standard InChI is InChI=1S/C21H32N2O4/c1-21(2,3)17-7-5-6-8-18(17)27-14-13-23(4)20(26)22-16-11-9-15(10-12-16)19(24)25/h5-8,15-16H,9-14H2,1-4H3,(H,22,26)(H,24,25). The van der Waals surface area contributed by atoms with Crippen molar-refractivity contribution in [3.05, 3.63) is 29.8 Å². The van der Waals surface area contributed by atoms with Crippen LogP contribution in [0.5, 0.6) is 5.75 Å². The van der Waals surface area contributed by atoms with E-state index in [1.165, 1.54) is 0 Å². The number of rotatable bonds is 6. The van der Waals surface area contributed by atoms with Crippen LogP contribution in [-0.2, 0) is 10.2 Å². The third kappa shape index (κ3) is 6.15. The number of para-hydroxylation sites is 1. The van der Waals surface area contributed by atoms with Crippen molar-refractivity contribution in [3.63, 3.8) is 0 Å². The first-order valence-electron chi connectivity index (χ1n) is 9.65. The molecule has 1 aromatic rings. The number of aliphatic carboxylic acids is 1. The highest BCUT2D eigenvalue weighted by atomic mass is 16.5. The van der Waals surface area contributed by atoms with E-state index in [-0.39, 0.29) is 23.4 Å². The molecule has 0 heterocycles. The molecule has 0 saturated heterocycles. The fraction of sp³-hybridized carbons (Fsp3) is 0.619. The number of hydrogen-bond acceptors (Lipinski definition) is 3. The van der Waals surface area contributed by atoms with Gasteiger partial charge in [-0.1, -0.05) is 39.0 Å². The Hall–Kier alpha value is -2.24. The number of carbonyl (C=O) groups excluding carboxylic acids is 1. The van der Waals surface area contributed by atoms with Crippen molar-refractivity contribution in [2.75, 3.05) is 20.2 Å². The van der Waals surface area contributed by atoms with Gasteiger partial charge in [-0.2, -0.15) is 0 Å². The number of benzene rings is 1. The minimum absolute atomic E-state index is 0.00529. The maximum Gasteiger partial charge on any atom is 0.317 e. The molecule has 0 spiro atoms. The van der Waals surface area contributed by atoms with Crippen molar-refractivity contribution < 1.29 is 19.4 Å². The number of carboxylic acid groups (broad SMARTS) is 1. The summed E-state index contributed by atoms with van der Waals surface area (Å²) in [7, 11) is 1.75. The zero-order chi connectivity index (χ0) is 20.0. The lowest BCUT2D eigenvalue weighted by Gasteiger charge is -2.29. The van der Waals surface area contributed by atoms with Gasteiger partial charge >= 0.3 is 12.0 Å². The summed E-state index contributed by atoms with van der Waals surface area (Å²) in [6, 6.07) is 7.90. The van der Waals surface area contributed by atoms with E-state index in [0.717, 1.165) is 11.3 Å². The van der Waals surface area contributed by atoms with Crippen LogP contribution in [0.2, 0.25) is 0 Å². The Kier molecular flexibility index (Phi) is 7.11. The molecule has 6 heteroatoms. The molecule has 0 aliphatic heterocycles. The Morgan fingerprint density at radius 2 is 1.81 bits per heavy atom. The van der Waals surface area contributed by atoms with Gasteiger partial charge in [0.15, 0.2) is 0 Å². The number of likely N-dealkylation sites (N-methyl/N-ethyl adjacent to an activating group) is 1. The lowest BCUT2D eigenvalue weighted by Crippen LogP contribution is -2.46. The topological polar surface area (TPSA) is 78.9 Å². The Bertz CT molecular complexity index is 646. The van der Waals surface area contributed by atoms with E-state index in [2.05, 4.69) is 32.2 Å². The molecule has 1 aliphatic carbocycles. The molecule has 0 aromatic heterocycles.